The Morgan fingerprint density at radius 3 is 2.47 bits per heavy atom. The van der Waals surface area contributed by atoms with Crippen molar-refractivity contribution in [3.63, 3.8) is 0 Å². The molecule has 0 spiro atoms. The number of carbonyl (C=O) groups is 2. The van der Waals surface area contributed by atoms with Gasteiger partial charge in [0, 0.05) is 24.2 Å². The van der Waals surface area contributed by atoms with Crippen molar-refractivity contribution in [1.29, 1.82) is 0 Å². The van der Waals surface area contributed by atoms with Gasteiger partial charge in [0.25, 0.3) is 5.91 Å². The zero-order valence-corrected chi connectivity index (χ0v) is 10.8. The molecule has 1 aromatic rings. The van der Waals surface area contributed by atoms with Crippen molar-refractivity contribution < 1.29 is 18.4 Å². The minimum atomic E-state index is -3.62. The fourth-order valence-electron chi connectivity index (χ4n) is 2.06. The third kappa shape index (κ3) is 2.61. The van der Waals surface area contributed by atoms with Crippen LogP contribution in [-0.2, 0) is 10.7 Å². The Morgan fingerprint density at radius 1 is 1.32 bits per heavy atom. The number of hydrogen-bond acceptors (Lipinski definition) is 2. The molecule has 0 bridgehead atoms. The summed E-state index contributed by atoms with van der Waals surface area (Å²) in [5, 5.41) is -0.0820. The maximum atomic E-state index is 14.1. The molecule has 0 radical (unpaired) electrons. The molecule has 0 unspecified atom stereocenters. The number of amides is 1. The van der Waals surface area contributed by atoms with Crippen molar-refractivity contribution in [1.82, 2.24) is 4.90 Å². The number of nitrogens with zero attached hydrogens (tertiary/aromatic N) is 1. The van der Waals surface area contributed by atoms with Crippen molar-refractivity contribution in [3.05, 3.63) is 34.3 Å². The first-order valence-electron chi connectivity index (χ1n) is 5.89. The van der Waals surface area contributed by atoms with E-state index in [1.54, 1.807) is 0 Å². The van der Waals surface area contributed by atoms with Crippen molar-refractivity contribution in [2.75, 3.05) is 13.1 Å². The predicted octanol–water partition coefficient (Wildman–Crippen LogP) is 2.87. The molecule has 1 fully saturated rings. The molecule has 1 heterocycles. The van der Waals surface area contributed by atoms with Crippen LogP contribution in [0.2, 0.25) is 5.02 Å². The van der Waals surface area contributed by atoms with E-state index in [1.807, 2.05) is 0 Å². The number of benzene rings is 1. The van der Waals surface area contributed by atoms with Crippen LogP contribution >= 0.6 is 11.6 Å². The van der Waals surface area contributed by atoms with Crippen LogP contribution in [0.25, 0.3) is 0 Å². The number of carbonyl (C=O) groups excluding carboxylic acids is 2. The lowest BCUT2D eigenvalue weighted by molar-refractivity contribution is -0.157. The van der Waals surface area contributed by atoms with Gasteiger partial charge >= 0.3 is 5.92 Å². The smallest absolute Gasteiger partial charge is 0.337 e. The van der Waals surface area contributed by atoms with Gasteiger partial charge in [-0.15, -0.1) is 0 Å². The summed E-state index contributed by atoms with van der Waals surface area (Å²) in [6, 6.07) is 3.22. The van der Waals surface area contributed by atoms with E-state index in [-0.39, 0.29) is 10.6 Å². The van der Waals surface area contributed by atoms with Gasteiger partial charge in [0.1, 0.15) is 0 Å². The van der Waals surface area contributed by atoms with E-state index >= 15 is 0 Å². The van der Waals surface area contributed by atoms with Crippen molar-refractivity contribution in [3.8, 4) is 0 Å². The quantitative estimate of drug-likeness (QED) is 0.802. The van der Waals surface area contributed by atoms with Crippen LogP contribution in [0.1, 0.15) is 28.8 Å². The normalized spacial score (nSPS) is 15.6. The molecule has 3 nitrogen and oxygen atoms in total. The zero-order valence-electron chi connectivity index (χ0n) is 10.0. The number of rotatable bonds is 3. The molecule has 1 aromatic carbocycles. The van der Waals surface area contributed by atoms with Crippen LogP contribution in [-0.4, -0.2) is 30.2 Å². The zero-order chi connectivity index (χ0) is 14.0. The van der Waals surface area contributed by atoms with E-state index in [0.29, 0.717) is 19.4 Å². The van der Waals surface area contributed by atoms with Gasteiger partial charge in [0.15, 0.2) is 6.29 Å². The van der Waals surface area contributed by atoms with Crippen LogP contribution in [0.4, 0.5) is 8.78 Å². The second-order valence-electron chi connectivity index (χ2n) is 4.43. The minimum Gasteiger partial charge on any atom is -0.337 e. The fourth-order valence-corrected chi connectivity index (χ4v) is 2.29. The summed E-state index contributed by atoms with van der Waals surface area (Å²) < 4.78 is 28.2. The van der Waals surface area contributed by atoms with Crippen LogP contribution in [0.3, 0.4) is 0 Å². The van der Waals surface area contributed by atoms with E-state index in [4.69, 9.17) is 11.6 Å². The molecule has 1 aliphatic rings. The van der Waals surface area contributed by atoms with Crippen molar-refractivity contribution in [2.24, 2.45) is 0 Å². The molecule has 0 N–H and O–H groups in total. The molecule has 0 atom stereocenters. The highest BCUT2D eigenvalue weighted by Crippen LogP contribution is 2.33. The first-order valence-corrected chi connectivity index (χ1v) is 6.27. The Hall–Kier alpha value is -1.49. The summed E-state index contributed by atoms with van der Waals surface area (Å²) in [5.41, 5.74) is -0.366. The Bertz CT molecular complexity index is 513. The predicted molar refractivity (Wildman–Crippen MR) is 66.5 cm³/mol. The monoisotopic (exact) mass is 287 g/mol. The Morgan fingerprint density at radius 2 is 1.95 bits per heavy atom. The highest BCUT2D eigenvalue weighted by molar-refractivity contribution is 6.33. The van der Waals surface area contributed by atoms with E-state index < -0.39 is 17.4 Å². The van der Waals surface area contributed by atoms with Gasteiger partial charge in [-0.2, -0.15) is 8.78 Å². The Labute approximate surface area is 114 Å². The number of hydrogen-bond donors (Lipinski definition) is 0. The summed E-state index contributed by atoms with van der Waals surface area (Å²) in [6.45, 7) is 0.711. The largest absolute Gasteiger partial charge is 0.350 e. The van der Waals surface area contributed by atoms with Gasteiger partial charge in [-0.3, -0.25) is 9.59 Å². The van der Waals surface area contributed by atoms with E-state index in [1.165, 1.54) is 6.07 Å². The maximum absolute atomic E-state index is 14.1. The maximum Gasteiger partial charge on any atom is 0.350 e. The van der Waals surface area contributed by atoms with Crippen LogP contribution in [0, 0.1) is 0 Å². The molecule has 102 valence electrons. The SMILES string of the molecule is O=Cc1ccc(C(F)(F)C(=O)N2CCCC2)cc1Cl. The van der Waals surface area contributed by atoms with E-state index in [9.17, 15) is 18.4 Å². The first kappa shape index (κ1) is 13.9. The minimum absolute atomic E-state index is 0.0820. The Balaban J connectivity index is 2.30. The third-order valence-electron chi connectivity index (χ3n) is 3.15. The van der Waals surface area contributed by atoms with Gasteiger partial charge in [0.05, 0.1) is 5.02 Å². The third-order valence-corrected chi connectivity index (χ3v) is 3.48. The van der Waals surface area contributed by atoms with Crippen LogP contribution < -0.4 is 0 Å². The number of aldehydes is 1. The van der Waals surface area contributed by atoms with Crippen LogP contribution in [0.5, 0.6) is 0 Å². The molecule has 1 aliphatic heterocycles. The topological polar surface area (TPSA) is 37.4 Å². The lowest BCUT2D eigenvalue weighted by Gasteiger charge is -2.23. The number of halogens is 3. The number of alkyl halides is 2. The summed E-state index contributed by atoms with van der Waals surface area (Å²) in [5.74, 6) is -4.82. The molecule has 2 rings (SSSR count). The van der Waals surface area contributed by atoms with Gasteiger partial charge < -0.3 is 4.90 Å². The average Bonchev–Trinajstić information content (AvgIpc) is 2.91. The lowest BCUT2D eigenvalue weighted by Crippen LogP contribution is -2.40. The molecule has 0 aromatic heterocycles. The molecule has 6 heteroatoms. The second kappa shape index (κ2) is 5.25. The molecule has 0 aliphatic carbocycles. The van der Waals surface area contributed by atoms with Crippen molar-refractivity contribution >= 4 is 23.8 Å². The van der Waals surface area contributed by atoms with Gasteiger partial charge in [-0.1, -0.05) is 17.7 Å². The molecule has 0 saturated carbocycles. The van der Waals surface area contributed by atoms with Crippen LogP contribution in [0.15, 0.2) is 18.2 Å². The molecular formula is C13H12ClF2NO2. The number of likely N-dealkylation sites (tertiary alicyclic amines) is 1. The van der Waals surface area contributed by atoms with Crippen molar-refractivity contribution in [2.45, 2.75) is 18.8 Å². The standard InChI is InChI=1S/C13H12ClF2NO2/c14-11-7-10(4-3-9(11)8-18)13(15,16)12(19)17-5-1-2-6-17/h3-4,7-8H,1-2,5-6H2. The fraction of sp³-hybridized carbons (Fsp3) is 0.385. The summed E-state index contributed by atoms with van der Waals surface area (Å²) in [6.07, 6.45) is 1.96. The Kier molecular flexibility index (Phi) is 3.85. The van der Waals surface area contributed by atoms with E-state index in [0.717, 1.165) is 29.9 Å². The highest BCUT2D eigenvalue weighted by atomic mass is 35.5. The second-order valence-corrected chi connectivity index (χ2v) is 4.84. The van der Waals surface area contributed by atoms with Gasteiger partial charge in [0.2, 0.25) is 0 Å². The molecule has 19 heavy (non-hydrogen) atoms. The van der Waals surface area contributed by atoms with Gasteiger partial charge in [-0.05, 0) is 25.0 Å². The molecule has 1 amide bonds. The lowest BCUT2D eigenvalue weighted by atomic mass is 10.1. The van der Waals surface area contributed by atoms with Gasteiger partial charge in [-0.25, -0.2) is 0 Å². The molecule has 1 saturated heterocycles. The summed E-state index contributed by atoms with van der Waals surface area (Å²) >= 11 is 5.71. The summed E-state index contributed by atoms with van der Waals surface area (Å²) in [7, 11) is 0. The molecular weight excluding hydrogens is 276 g/mol. The average molecular weight is 288 g/mol. The summed E-state index contributed by atoms with van der Waals surface area (Å²) in [4.78, 5) is 23.5. The highest BCUT2D eigenvalue weighted by Gasteiger charge is 2.44. The van der Waals surface area contributed by atoms with E-state index in [2.05, 4.69) is 0 Å². The first-order chi connectivity index (χ1) is 8.96.